The van der Waals surface area contributed by atoms with Crippen LogP contribution in [0.4, 0.5) is 0 Å². The lowest BCUT2D eigenvalue weighted by atomic mass is 9.77. The maximum absolute atomic E-state index is 11.7. The third-order valence-electron chi connectivity index (χ3n) is 3.46. The summed E-state index contributed by atoms with van der Waals surface area (Å²) in [5.41, 5.74) is -1.09. The molecule has 1 aliphatic rings. The first-order valence-corrected chi connectivity index (χ1v) is 6.52. The van der Waals surface area contributed by atoms with Gasteiger partial charge in [-0.3, -0.25) is 4.79 Å². The summed E-state index contributed by atoms with van der Waals surface area (Å²) in [6, 6.07) is 0. The van der Waals surface area contributed by atoms with Crippen LogP contribution in [0, 0.1) is 5.92 Å². The summed E-state index contributed by atoms with van der Waals surface area (Å²) in [6.45, 7) is 5.70. The number of carbonyl (C=O) groups is 2. The van der Waals surface area contributed by atoms with Gasteiger partial charge in [-0.1, -0.05) is 6.92 Å². The van der Waals surface area contributed by atoms with Crippen LogP contribution in [0.2, 0.25) is 0 Å². The number of nitrogens with one attached hydrogen (secondary N) is 1. The van der Waals surface area contributed by atoms with Gasteiger partial charge in [-0.05, 0) is 45.4 Å². The number of carboxylic acid groups (broad SMARTS) is 1. The Morgan fingerprint density at radius 2 is 1.94 bits per heavy atom. The largest absolute Gasteiger partial charge is 0.480 e. The number of ether oxygens (including phenoxy) is 1. The van der Waals surface area contributed by atoms with E-state index in [1.807, 2.05) is 13.8 Å². The zero-order chi connectivity index (χ0) is 13.8. The van der Waals surface area contributed by atoms with E-state index in [-0.39, 0.29) is 18.6 Å². The number of rotatable bonds is 5. The molecule has 1 aliphatic carbocycles. The minimum atomic E-state index is -1.09. The van der Waals surface area contributed by atoms with Gasteiger partial charge in [-0.15, -0.1) is 0 Å². The van der Waals surface area contributed by atoms with Crippen molar-refractivity contribution in [3.05, 3.63) is 0 Å². The topological polar surface area (TPSA) is 75.6 Å². The fourth-order valence-corrected chi connectivity index (χ4v) is 2.19. The van der Waals surface area contributed by atoms with Crippen molar-refractivity contribution >= 4 is 11.9 Å². The zero-order valence-corrected chi connectivity index (χ0v) is 11.4. The Morgan fingerprint density at radius 3 is 2.39 bits per heavy atom. The van der Waals surface area contributed by atoms with Crippen LogP contribution in [0.3, 0.4) is 0 Å². The third kappa shape index (κ3) is 3.98. The number of aliphatic carboxylic acids is 1. The van der Waals surface area contributed by atoms with E-state index in [1.54, 1.807) is 0 Å². The Labute approximate surface area is 108 Å². The molecule has 1 rings (SSSR count). The first kappa shape index (κ1) is 15.0. The highest BCUT2D eigenvalue weighted by atomic mass is 16.5. The molecule has 104 valence electrons. The van der Waals surface area contributed by atoms with Crippen molar-refractivity contribution in [2.24, 2.45) is 5.92 Å². The van der Waals surface area contributed by atoms with Crippen LogP contribution in [-0.2, 0) is 14.3 Å². The van der Waals surface area contributed by atoms with Crippen molar-refractivity contribution in [3.8, 4) is 0 Å². The van der Waals surface area contributed by atoms with E-state index in [1.165, 1.54) is 0 Å². The van der Waals surface area contributed by atoms with Gasteiger partial charge in [-0.25, -0.2) is 4.79 Å². The van der Waals surface area contributed by atoms with Crippen LogP contribution in [0.25, 0.3) is 0 Å². The molecule has 0 heterocycles. The molecule has 2 N–H and O–H groups in total. The summed E-state index contributed by atoms with van der Waals surface area (Å²) in [6.07, 6.45) is 2.62. The molecular formula is C13H23NO4. The Hall–Kier alpha value is -1.10. The Balaban J connectivity index is 2.58. The van der Waals surface area contributed by atoms with Crippen LogP contribution >= 0.6 is 0 Å². The molecule has 0 saturated heterocycles. The fraction of sp³-hybridized carbons (Fsp3) is 0.846. The minimum Gasteiger partial charge on any atom is -0.480 e. The van der Waals surface area contributed by atoms with Gasteiger partial charge in [0.15, 0.2) is 0 Å². The quantitative estimate of drug-likeness (QED) is 0.783. The third-order valence-corrected chi connectivity index (χ3v) is 3.46. The molecule has 18 heavy (non-hydrogen) atoms. The minimum absolute atomic E-state index is 0.0390. The van der Waals surface area contributed by atoms with E-state index in [9.17, 15) is 14.7 Å². The lowest BCUT2D eigenvalue weighted by Crippen LogP contribution is -2.57. The number of amides is 1. The number of hydrogen-bond acceptors (Lipinski definition) is 3. The molecule has 0 spiro atoms. The van der Waals surface area contributed by atoms with E-state index in [4.69, 9.17) is 4.74 Å². The molecule has 0 radical (unpaired) electrons. The van der Waals surface area contributed by atoms with Crippen molar-refractivity contribution < 1.29 is 19.4 Å². The predicted molar refractivity (Wildman–Crippen MR) is 67.2 cm³/mol. The van der Waals surface area contributed by atoms with E-state index < -0.39 is 11.5 Å². The van der Waals surface area contributed by atoms with Crippen molar-refractivity contribution in [3.63, 3.8) is 0 Å². The fourth-order valence-electron chi connectivity index (χ4n) is 2.19. The zero-order valence-electron chi connectivity index (χ0n) is 11.4. The molecule has 0 bridgehead atoms. The first-order valence-electron chi connectivity index (χ1n) is 6.52. The standard InChI is InChI=1S/C13H23NO4/c1-9(2)18-8-11(15)14-13(12(16)17)6-4-10(3)5-7-13/h9-10H,4-8H2,1-3H3,(H,14,15)(H,16,17). The molecule has 5 nitrogen and oxygen atoms in total. The van der Waals surface area contributed by atoms with E-state index in [0.717, 1.165) is 12.8 Å². The monoisotopic (exact) mass is 257 g/mol. The van der Waals surface area contributed by atoms with Crippen LogP contribution in [0.5, 0.6) is 0 Å². The molecule has 1 fully saturated rings. The summed E-state index contributed by atoms with van der Waals surface area (Å²) in [5.74, 6) is -0.755. The van der Waals surface area contributed by atoms with Gasteiger partial charge in [0, 0.05) is 0 Å². The van der Waals surface area contributed by atoms with E-state index in [0.29, 0.717) is 18.8 Å². The highest BCUT2D eigenvalue weighted by molar-refractivity contribution is 5.87. The maximum Gasteiger partial charge on any atom is 0.329 e. The van der Waals surface area contributed by atoms with Crippen molar-refractivity contribution in [1.29, 1.82) is 0 Å². The first-order chi connectivity index (χ1) is 8.35. The molecule has 1 saturated carbocycles. The van der Waals surface area contributed by atoms with Gasteiger partial charge in [0.05, 0.1) is 6.10 Å². The highest BCUT2D eigenvalue weighted by Gasteiger charge is 2.42. The molecule has 0 unspecified atom stereocenters. The summed E-state index contributed by atoms with van der Waals surface area (Å²) in [7, 11) is 0. The van der Waals surface area contributed by atoms with Gasteiger partial charge in [0.25, 0.3) is 0 Å². The average molecular weight is 257 g/mol. The second kappa shape index (κ2) is 6.18. The van der Waals surface area contributed by atoms with E-state index in [2.05, 4.69) is 12.2 Å². The van der Waals surface area contributed by atoms with Gasteiger partial charge in [0.1, 0.15) is 12.1 Å². The SMILES string of the molecule is CC1CCC(NC(=O)COC(C)C)(C(=O)O)CC1. The Bertz CT molecular complexity index is 306. The maximum atomic E-state index is 11.7. The van der Waals surface area contributed by atoms with Gasteiger partial charge in [-0.2, -0.15) is 0 Å². The lowest BCUT2D eigenvalue weighted by Gasteiger charge is -2.36. The Morgan fingerprint density at radius 1 is 1.39 bits per heavy atom. The lowest BCUT2D eigenvalue weighted by molar-refractivity contribution is -0.150. The average Bonchev–Trinajstić information content (AvgIpc) is 2.29. The predicted octanol–water partition coefficient (Wildman–Crippen LogP) is 1.56. The number of hydrogen-bond donors (Lipinski definition) is 2. The molecule has 5 heteroatoms. The Kier molecular flexibility index (Phi) is 5.14. The molecule has 0 atom stereocenters. The van der Waals surface area contributed by atoms with Crippen molar-refractivity contribution in [2.45, 2.75) is 58.1 Å². The van der Waals surface area contributed by atoms with Crippen LogP contribution in [0.15, 0.2) is 0 Å². The molecular weight excluding hydrogens is 234 g/mol. The van der Waals surface area contributed by atoms with Crippen LogP contribution in [-0.4, -0.2) is 35.2 Å². The second-order valence-corrected chi connectivity index (χ2v) is 5.48. The second-order valence-electron chi connectivity index (χ2n) is 5.48. The molecule has 1 amide bonds. The highest BCUT2D eigenvalue weighted by Crippen LogP contribution is 2.32. The number of carboxylic acids is 1. The van der Waals surface area contributed by atoms with Crippen LogP contribution in [0.1, 0.15) is 46.5 Å². The van der Waals surface area contributed by atoms with Crippen molar-refractivity contribution in [1.82, 2.24) is 5.32 Å². The van der Waals surface area contributed by atoms with E-state index >= 15 is 0 Å². The summed E-state index contributed by atoms with van der Waals surface area (Å²) >= 11 is 0. The van der Waals surface area contributed by atoms with Crippen LogP contribution < -0.4 is 5.32 Å². The molecule has 0 aromatic heterocycles. The molecule has 0 aliphatic heterocycles. The summed E-state index contributed by atoms with van der Waals surface area (Å²) in [5, 5.41) is 12.0. The normalized spacial score (nSPS) is 28.1. The summed E-state index contributed by atoms with van der Waals surface area (Å²) in [4.78, 5) is 23.1. The molecule has 0 aromatic carbocycles. The van der Waals surface area contributed by atoms with Gasteiger partial charge < -0.3 is 15.2 Å². The van der Waals surface area contributed by atoms with Gasteiger partial charge in [0.2, 0.25) is 5.91 Å². The number of carbonyl (C=O) groups excluding carboxylic acids is 1. The smallest absolute Gasteiger partial charge is 0.329 e. The summed E-state index contributed by atoms with van der Waals surface area (Å²) < 4.78 is 5.19. The van der Waals surface area contributed by atoms with Gasteiger partial charge >= 0.3 is 5.97 Å². The molecule has 0 aromatic rings. The van der Waals surface area contributed by atoms with Crippen molar-refractivity contribution in [2.75, 3.05) is 6.61 Å².